The molecule has 5 aromatic rings. The second-order valence-electron chi connectivity index (χ2n) is 6.31. The van der Waals surface area contributed by atoms with Gasteiger partial charge in [-0.3, -0.25) is 0 Å². The van der Waals surface area contributed by atoms with Gasteiger partial charge in [-0.25, -0.2) is 9.50 Å². The van der Waals surface area contributed by atoms with Crippen LogP contribution in [0.4, 0.5) is 0 Å². The summed E-state index contributed by atoms with van der Waals surface area (Å²) in [7, 11) is 3.69. The summed E-state index contributed by atoms with van der Waals surface area (Å²) >= 11 is 7.77. The molecule has 0 aliphatic heterocycles. The van der Waals surface area contributed by atoms with Crippen molar-refractivity contribution in [2.24, 2.45) is 7.05 Å². The van der Waals surface area contributed by atoms with Crippen molar-refractivity contribution in [3.05, 3.63) is 59.9 Å². The van der Waals surface area contributed by atoms with Crippen molar-refractivity contribution >= 4 is 55.8 Å². The van der Waals surface area contributed by atoms with E-state index in [-0.39, 0.29) is 17.0 Å². The molecule has 142 valence electrons. The van der Waals surface area contributed by atoms with Gasteiger partial charge in [-0.2, -0.15) is 5.10 Å². The fraction of sp³-hybridized carbons (Fsp3) is 0.100. The van der Waals surface area contributed by atoms with Crippen LogP contribution in [0.15, 0.2) is 54.9 Å². The second-order valence-corrected chi connectivity index (χ2v) is 7.70. The van der Waals surface area contributed by atoms with Crippen molar-refractivity contribution in [2.45, 2.75) is 0 Å². The molecule has 8 heteroatoms. The molecule has 5 rings (SSSR count). The zero-order valence-corrected chi connectivity index (χ0v) is 18.4. The third-order valence-electron chi connectivity index (χ3n) is 4.59. The average molecular weight is 476 g/mol. The maximum Gasteiger partial charge on any atom is 0.213 e. The molecule has 0 radical (unpaired) electrons. The third kappa shape index (κ3) is 3.09. The van der Waals surface area contributed by atoms with E-state index in [1.54, 1.807) is 18.4 Å². The third-order valence-corrected chi connectivity index (χ3v) is 5.78. The average Bonchev–Trinajstić information content (AvgIpc) is 3.33. The Bertz CT molecular complexity index is 1280. The molecule has 0 spiro atoms. The number of hydrogen-bond acceptors (Lipinski definition) is 4. The van der Waals surface area contributed by atoms with Gasteiger partial charge in [0, 0.05) is 40.3 Å². The van der Waals surface area contributed by atoms with Crippen molar-refractivity contribution in [3.8, 4) is 27.6 Å². The van der Waals surface area contributed by atoms with Gasteiger partial charge in [0.2, 0.25) is 4.96 Å². The lowest BCUT2D eigenvalue weighted by molar-refractivity contribution is 0.415. The van der Waals surface area contributed by atoms with E-state index >= 15 is 0 Å². The van der Waals surface area contributed by atoms with Crippen molar-refractivity contribution in [1.29, 1.82) is 0 Å². The molecule has 3 heterocycles. The predicted octanol–water partition coefficient (Wildman–Crippen LogP) is 5.86. The first kappa shape index (κ1) is 19.0. The summed E-state index contributed by atoms with van der Waals surface area (Å²) in [4.78, 5) is 5.59. The number of nitrogens with zero attached hydrogens (tertiary/aromatic N) is 4. The Balaban J connectivity index is 0.00000192. The van der Waals surface area contributed by atoms with Crippen molar-refractivity contribution in [1.82, 2.24) is 19.2 Å². The highest BCUT2D eigenvalue weighted by atomic mass is 79.9. The fourth-order valence-corrected chi connectivity index (χ4v) is 4.34. The van der Waals surface area contributed by atoms with E-state index in [1.807, 2.05) is 60.2 Å². The fourth-order valence-electron chi connectivity index (χ4n) is 3.27. The molecule has 0 bridgehead atoms. The van der Waals surface area contributed by atoms with Crippen molar-refractivity contribution in [3.63, 3.8) is 0 Å². The number of imidazole rings is 1. The van der Waals surface area contributed by atoms with Crippen LogP contribution in [0.3, 0.4) is 0 Å². The SMILES string of the molecule is Br.COc1cccc(-c2cn3nc(-c4cn(C)c5ccc(Cl)cc45)sc3n2)c1. The number of ether oxygens (including phenoxy) is 1. The zero-order chi connectivity index (χ0) is 18.5. The first-order valence-electron chi connectivity index (χ1n) is 8.38. The first-order chi connectivity index (χ1) is 13.1. The van der Waals surface area contributed by atoms with E-state index in [4.69, 9.17) is 26.4 Å². The number of benzene rings is 2. The molecule has 0 saturated heterocycles. The highest BCUT2D eigenvalue weighted by Gasteiger charge is 2.16. The Morgan fingerprint density at radius 3 is 2.75 bits per heavy atom. The van der Waals surface area contributed by atoms with E-state index in [1.165, 1.54) is 0 Å². The molecule has 0 N–H and O–H groups in total. The minimum Gasteiger partial charge on any atom is -0.497 e. The molecule has 0 fully saturated rings. The normalized spacial score (nSPS) is 11.1. The number of aromatic nitrogens is 4. The summed E-state index contributed by atoms with van der Waals surface area (Å²) < 4.78 is 9.22. The molecule has 0 amide bonds. The Morgan fingerprint density at radius 1 is 1.11 bits per heavy atom. The number of methoxy groups -OCH3 is 1. The van der Waals surface area contributed by atoms with Gasteiger partial charge >= 0.3 is 0 Å². The zero-order valence-electron chi connectivity index (χ0n) is 15.1. The summed E-state index contributed by atoms with van der Waals surface area (Å²) in [5, 5.41) is 7.48. The minimum absolute atomic E-state index is 0. The number of fused-ring (bicyclic) bond motifs is 2. The Morgan fingerprint density at radius 2 is 1.96 bits per heavy atom. The van der Waals surface area contributed by atoms with E-state index < -0.39 is 0 Å². The van der Waals surface area contributed by atoms with E-state index in [9.17, 15) is 0 Å². The summed E-state index contributed by atoms with van der Waals surface area (Å²) in [5.74, 6) is 0.810. The van der Waals surface area contributed by atoms with Gasteiger partial charge in [0.15, 0.2) is 0 Å². The van der Waals surface area contributed by atoms with Gasteiger partial charge in [-0.15, -0.1) is 17.0 Å². The van der Waals surface area contributed by atoms with E-state index in [2.05, 4.69) is 10.8 Å². The molecular weight excluding hydrogens is 460 g/mol. The number of hydrogen-bond donors (Lipinski definition) is 0. The van der Waals surface area contributed by atoms with Crippen LogP contribution in [0, 0.1) is 0 Å². The maximum atomic E-state index is 6.20. The van der Waals surface area contributed by atoms with Gasteiger partial charge < -0.3 is 9.30 Å². The van der Waals surface area contributed by atoms with Gasteiger partial charge in [0.1, 0.15) is 10.8 Å². The van der Waals surface area contributed by atoms with Crippen LogP contribution in [0.25, 0.3) is 37.7 Å². The van der Waals surface area contributed by atoms with Crippen molar-refractivity contribution in [2.75, 3.05) is 7.11 Å². The molecule has 0 aliphatic carbocycles. The number of aryl methyl sites for hydroxylation is 1. The maximum absolute atomic E-state index is 6.20. The molecule has 3 aromatic heterocycles. The lowest BCUT2D eigenvalue weighted by Crippen LogP contribution is -1.84. The van der Waals surface area contributed by atoms with Crippen LogP contribution in [0.1, 0.15) is 0 Å². The number of halogens is 2. The van der Waals surface area contributed by atoms with Crippen LogP contribution >= 0.6 is 39.9 Å². The Labute approximate surface area is 180 Å². The van der Waals surface area contributed by atoms with Crippen molar-refractivity contribution < 1.29 is 4.74 Å². The van der Waals surface area contributed by atoms with Gasteiger partial charge in [-0.1, -0.05) is 35.1 Å². The highest BCUT2D eigenvalue weighted by Crippen LogP contribution is 2.35. The summed E-state index contributed by atoms with van der Waals surface area (Å²) in [6.07, 6.45) is 4.03. The van der Waals surface area contributed by atoms with Crippen LogP contribution in [0.5, 0.6) is 5.75 Å². The first-order valence-corrected chi connectivity index (χ1v) is 9.57. The molecule has 0 saturated carbocycles. The number of rotatable bonds is 3. The van der Waals surface area contributed by atoms with Crippen LogP contribution in [-0.4, -0.2) is 26.3 Å². The standard InChI is InChI=1S/C20H15ClN4OS.BrH/c1-24-10-16(15-9-13(21)6-7-18(15)24)19-23-25-11-17(22-20(25)27-19)12-4-3-5-14(8-12)26-2;/h3-11H,1-2H3;1H. The molecule has 0 unspecified atom stereocenters. The van der Waals surface area contributed by atoms with Crippen LogP contribution in [-0.2, 0) is 7.05 Å². The molecule has 2 aromatic carbocycles. The topological polar surface area (TPSA) is 44.4 Å². The lowest BCUT2D eigenvalue weighted by atomic mass is 10.1. The highest BCUT2D eigenvalue weighted by molar-refractivity contribution is 8.93. The molecule has 28 heavy (non-hydrogen) atoms. The Kier molecular flexibility index (Phi) is 4.91. The molecule has 0 atom stereocenters. The van der Waals surface area contributed by atoms with E-state index in [0.29, 0.717) is 0 Å². The summed E-state index contributed by atoms with van der Waals surface area (Å²) in [5.41, 5.74) is 4.07. The predicted molar refractivity (Wildman–Crippen MR) is 120 cm³/mol. The van der Waals surface area contributed by atoms with Gasteiger partial charge in [0.05, 0.1) is 19.0 Å². The largest absolute Gasteiger partial charge is 0.497 e. The summed E-state index contributed by atoms with van der Waals surface area (Å²) in [6, 6.07) is 13.8. The van der Waals surface area contributed by atoms with Gasteiger partial charge in [0.25, 0.3) is 0 Å². The minimum atomic E-state index is 0. The second kappa shape index (κ2) is 7.24. The summed E-state index contributed by atoms with van der Waals surface area (Å²) in [6.45, 7) is 0. The lowest BCUT2D eigenvalue weighted by Gasteiger charge is -2.01. The van der Waals surface area contributed by atoms with Crippen LogP contribution < -0.4 is 4.74 Å². The molecular formula is C20H16BrClN4OS. The van der Waals surface area contributed by atoms with Crippen LogP contribution in [0.2, 0.25) is 5.02 Å². The van der Waals surface area contributed by atoms with E-state index in [0.717, 1.165) is 48.5 Å². The van der Waals surface area contributed by atoms with Gasteiger partial charge in [-0.05, 0) is 30.3 Å². The monoisotopic (exact) mass is 474 g/mol. The Hall–Kier alpha value is -2.35. The smallest absolute Gasteiger partial charge is 0.213 e. The quantitative estimate of drug-likeness (QED) is 0.328. The molecule has 0 aliphatic rings. The molecule has 5 nitrogen and oxygen atoms in total.